The molecule has 4 nitrogen and oxygen atoms in total. The van der Waals surface area contributed by atoms with Crippen molar-refractivity contribution in [2.45, 2.75) is 6.92 Å². The van der Waals surface area contributed by atoms with Crippen molar-refractivity contribution >= 4 is 22.5 Å². The number of anilines is 1. The van der Waals surface area contributed by atoms with E-state index in [1.54, 1.807) is 12.1 Å². The summed E-state index contributed by atoms with van der Waals surface area (Å²) >= 11 is 0. The molecule has 0 bridgehead atoms. The predicted octanol–water partition coefficient (Wildman–Crippen LogP) is 3.58. The van der Waals surface area contributed by atoms with Gasteiger partial charge in [0.25, 0.3) is 5.91 Å². The van der Waals surface area contributed by atoms with Crippen LogP contribution >= 0.6 is 0 Å². The maximum absolute atomic E-state index is 14.0. The Balaban J connectivity index is 1.53. The van der Waals surface area contributed by atoms with E-state index in [-0.39, 0.29) is 11.7 Å². The summed E-state index contributed by atoms with van der Waals surface area (Å²) < 4.78 is 14.0. The summed E-state index contributed by atoms with van der Waals surface area (Å²) in [6.07, 6.45) is 0. The normalized spacial score (nSPS) is 15.0. The third-order valence-electron chi connectivity index (χ3n) is 4.87. The first-order valence-electron chi connectivity index (χ1n) is 8.51. The molecule has 1 aromatic heterocycles. The van der Waals surface area contributed by atoms with Crippen LogP contribution in [0.15, 0.2) is 48.5 Å². The van der Waals surface area contributed by atoms with Crippen molar-refractivity contribution < 1.29 is 9.18 Å². The molecule has 0 atom stereocenters. The van der Waals surface area contributed by atoms with Gasteiger partial charge in [0.05, 0.1) is 11.3 Å². The standard InChI is InChI=1S/C20H20FN3O/c1-14-19(15-6-2-4-8-17(15)22-14)20(25)24-12-10-23(11-13-24)18-9-5-3-7-16(18)21/h2-9,22H,10-13H2,1H3. The summed E-state index contributed by atoms with van der Waals surface area (Å²) in [7, 11) is 0. The number of halogens is 1. The molecular weight excluding hydrogens is 317 g/mol. The third kappa shape index (κ3) is 2.76. The molecule has 128 valence electrons. The molecule has 0 radical (unpaired) electrons. The summed E-state index contributed by atoms with van der Waals surface area (Å²) in [5.41, 5.74) is 3.23. The van der Waals surface area contributed by atoms with Gasteiger partial charge in [-0.3, -0.25) is 4.79 Å². The van der Waals surface area contributed by atoms with Gasteiger partial charge in [-0.15, -0.1) is 0 Å². The van der Waals surface area contributed by atoms with E-state index in [9.17, 15) is 9.18 Å². The molecule has 0 spiro atoms. The minimum absolute atomic E-state index is 0.0446. The van der Waals surface area contributed by atoms with Gasteiger partial charge in [0.15, 0.2) is 0 Å². The van der Waals surface area contributed by atoms with Gasteiger partial charge >= 0.3 is 0 Å². The van der Waals surface area contributed by atoms with E-state index in [0.717, 1.165) is 22.2 Å². The maximum Gasteiger partial charge on any atom is 0.256 e. The number of nitrogens with zero attached hydrogens (tertiary/aromatic N) is 2. The molecule has 0 aliphatic carbocycles. The van der Waals surface area contributed by atoms with E-state index in [4.69, 9.17) is 0 Å². The van der Waals surface area contributed by atoms with E-state index < -0.39 is 0 Å². The van der Waals surface area contributed by atoms with Gasteiger partial charge in [0.2, 0.25) is 0 Å². The highest BCUT2D eigenvalue weighted by Crippen LogP contribution is 2.25. The van der Waals surface area contributed by atoms with Crippen molar-refractivity contribution in [2.24, 2.45) is 0 Å². The molecule has 1 aliphatic heterocycles. The average molecular weight is 337 g/mol. The fourth-order valence-electron chi connectivity index (χ4n) is 3.57. The predicted molar refractivity (Wildman–Crippen MR) is 97.6 cm³/mol. The number of fused-ring (bicyclic) bond motifs is 1. The molecule has 1 amide bonds. The minimum Gasteiger partial charge on any atom is -0.366 e. The number of hydrogen-bond acceptors (Lipinski definition) is 2. The molecule has 1 saturated heterocycles. The fraction of sp³-hybridized carbons (Fsp3) is 0.250. The number of aryl methyl sites for hydroxylation is 1. The molecule has 1 aliphatic rings. The zero-order chi connectivity index (χ0) is 17.4. The van der Waals surface area contributed by atoms with Crippen LogP contribution in [0.3, 0.4) is 0 Å². The van der Waals surface area contributed by atoms with Gasteiger partial charge in [-0.25, -0.2) is 4.39 Å². The number of H-pyrrole nitrogens is 1. The lowest BCUT2D eigenvalue weighted by Crippen LogP contribution is -2.49. The summed E-state index contributed by atoms with van der Waals surface area (Å²) in [4.78, 5) is 20.2. The first-order valence-corrected chi connectivity index (χ1v) is 8.51. The van der Waals surface area contributed by atoms with Crippen molar-refractivity contribution in [3.8, 4) is 0 Å². The van der Waals surface area contributed by atoms with Crippen LogP contribution in [0.25, 0.3) is 10.9 Å². The highest BCUT2D eigenvalue weighted by Gasteiger charge is 2.26. The first kappa shape index (κ1) is 15.7. The van der Waals surface area contributed by atoms with E-state index in [0.29, 0.717) is 31.9 Å². The average Bonchev–Trinajstić information content (AvgIpc) is 2.97. The molecule has 5 heteroatoms. The lowest BCUT2D eigenvalue weighted by Gasteiger charge is -2.36. The van der Waals surface area contributed by atoms with Gasteiger partial charge in [0, 0.05) is 42.8 Å². The van der Waals surface area contributed by atoms with Crippen LogP contribution in [0.4, 0.5) is 10.1 Å². The number of benzene rings is 2. The van der Waals surface area contributed by atoms with Crippen LogP contribution in [0.2, 0.25) is 0 Å². The fourth-order valence-corrected chi connectivity index (χ4v) is 3.57. The number of carbonyl (C=O) groups excluding carboxylic acids is 1. The molecule has 0 unspecified atom stereocenters. The van der Waals surface area contributed by atoms with Crippen LogP contribution in [-0.2, 0) is 0 Å². The molecule has 2 aromatic carbocycles. The van der Waals surface area contributed by atoms with Crippen LogP contribution in [0.1, 0.15) is 16.1 Å². The summed E-state index contributed by atoms with van der Waals surface area (Å²) in [5, 5.41) is 0.960. The van der Waals surface area contributed by atoms with Crippen LogP contribution in [0, 0.1) is 12.7 Å². The number of hydrogen-bond donors (Lipinski definition) is 1. The van der Waals surface area contributed by atoms with Crippen LogP contribution in [0.5, 0.6) is 0 Å². The van der Waals surface area contributed by atoms with Crippen molar-refractivity contribution in [1.82, 2.24) is 9.88 Å². The topological polar surface area (TPSA) is 39.3 Å². The first-order chi connectivity index (χ1) is 12.1. The molecule has 0 saturated carbocycles. The largest absolute Gasteiger partial charge is 0.366 e. The quantitative estimate of drug-likeness (QED) is 0.776. The highest BCUT2D eigenvalue weighted by molar-refractivity contribution is 6.08. The van der Waals surface area contributed by atoms with Crippen LogP contribution < -0.4 is 4.90 Å². The monoisotopic (exact) mass is 337 g/mol. The summed E-state index contributed by atoms with van der Waals surface area (Å²) in [6.45, 7) is 4.38. The van der Waals surface area contributed by atoms with E-state index in [1.807, 2.05) is 47.1 Å². The Hall–Kier alpha value is -2.82. The zero-order valence-corrected chi connectivity index (χ0v) is 14.1. The SMILES string of the molecule is Cc1[nH]c2ccccc2c1C(=O)N1CCN(c2ccccc2F)CC1. The highest BCUT2D eigenvalue weighted by atomic mass is 19.1. The summed E-state index contributed by atoms with van der Waals surface area (Å²) in [5.74, 6) is -0.169. The Bertz CT molecular complexity index is 926. The number of para-hydroxylation sites is 2. The lowest BCUT2D eigenvalue weighted by molar-refractivity contribution is 0.0748. The van der Waals surface area contributed by atoms with Crippen molar-refractivity contribution in [1.29, 1.82) is 0 Å². The Labute approximate surface area is 145 Å². The summed E-state index contributed by atoms with van der Waals surface area (Å²) in [6, 6.07) is 14.7. The van der Waals surface area contributed by atoms with E-state index in [1.165, 1.54) is 6.07 Å². The second kappa shape index (κ2) is 6.24. The molecule has 1 N–H and O–H groups in total. The Morgan fingerprint density at radius 1 is 1.00 bits per heavy atom. The zero-order valence-electron chi connectivity index (χ0n) is 14.1. The Kier molecular flexibility index (Phi) is 3.92. The molecule has 3 aromatic rings. The van der Waals surface area contributed by atoms with Gasteiger partial charge in [0.1, 0.15) is 5.82 Å². The molecular formula is C20H20FN3O. The Morgan fingerprint density at radius 3 is 2.44 bits per heavy atom. The number of rotatable bonds is 2. The van der Waals surface area contributed by atoms with E-state index in [2.05, 4.69) is 4.98 Å². The molecule has 1 fully saturated rings. The Morgan fingerprint density at radius 2 is 1.68 bits per heavy atom. The minimum atomic E-state index is -0.213. The number of piperazine rings is 1. The van der Waals surface area contributed by atoms with Gasteiger partial charge < -0.3 is 14.8 Å². The van der Waals surface area contributed by atoms with Gasteiger partial charge in [-0.2, -0.15) is 0 Å². The van der Waals surface area contributed by atoms with Crippen molar-refractivity contribution in [3.63, 3.8) is 0 Å². The second-order valence-electron chi connectivity index (χ2n) is 6.40. The lowest BCUT2D eigenvalue weighted by atomic mass is 10.1. The van der Waals surface area contributed by atoms with Gasteiger partial charge in [-0.1, -0.05) is 30.3 Å². The number of aromatic nitrogens is 1. The van der Waals surface area contributed by atoms with Crippen LogP contribution in [-0.4, -0.2) is 42.0 Å². The number of aromatic amines is 1. The smallest absolute Gasteiger partial charge is 0.256 e. The number of nitrogens with one attached hydrogen (secondary N) is 1. The van der Waals surface area contributed by atoms with Gasteiger partial charge in [-0.05, 0) is 25.1 Å². The molecule has 2 heterocycles. The van der Waals surface area contributed by atoms with Crippen molar-refractivity contribution in [2.75, 3.05) is 31.1 Å². The number of carbonyl (C=O) groups is 1. The molecule has 25 heavy (non-hydrogen) atoms. The maximum atomic E-state index is 14.0. The van der Waals surface area contributed by atoms with E-state index >= 15 is 0 Å². The number of amides is 1. The second-order valence-corrected chi connectivity index (χ2v) is 6.40. The molecule has 4 rings (SSSR count). The van der Waals surface area contributed by atoms with Crippen molar-refractivity contribution in [3.05, 3.63) is 65.6 Å². The third-order valence-corrected chi connectivity index (χ3v) is 4.87.